The minimum absolute atomic E-state index is 0.419. The molecule has 3 N–H and O–H groups in total. The number of amides is 1. The molecular formula is C22H38N4O4. The lowest BCUT2D eigenvalue weighted by Gasteiger charge is -2.34. The third-order valence-corrected chi connectivity index (χ3v) is 4.87. The summed E-state index contributed by atoms with van der Waals surface area (Å²) in [4.78, 5) is 16.6. The van der Waals surface area contributed by atoms with Gasteiger partial charge in [0.1, 0.15) is 5.60 Å². The average molecular weight is 423 g/mol. The summed E-state index contributed by atoms with van der Waals surface area (Å²) < 4.78 is 16.3. The van der Waals surface area contributed by atoms with Gasteiger partial charge in [-0.3, -0.25) is 4.99 Å². The number of nitrogens with zero attached hydrogens (tertiary/aromatic N) is 1. The van der Waals surface area contributed by atoms with Crippen molar-refractivity contribution in [3.8, 4) is 11.5 Å². The van der Waals surface area contributed by atoms with E-state index in [1.807, 2.05) is 52.8 Å². The lowest BCUT2D eigenvalue weighted by atomic mass is 9.93. The van der Waals surface area contributed by atoms with Crippen molar-refractivity contribution < 1.29 is 19.0 Å². The fourth-order valence-corrected chi connectivity index (χ4v) is 2.99. The van der Waals surface area contributed by atoms with Gasteiger partial charge in [0.25, 0.3) is 0 Å². The van der Waals surface area contributed by atoms with E-state index in [1.165, 1.54) is 0 Å². The van der Waals surface area contributed by atoms with Crippen molar-refractivity contribution in [2.75, 3.05) is 27.8 Å². The van der Waals surface area contributed by atoms with E-state index in [4.69, 9.17) is 14.2 Å². The molecule has 170 valence electrons. The molecule has 1 rings (SSSR count). The summed E-state index contributed by atoms with van der Waals surface area (Å²) in [5, 5.41) is 9.63. The number of para-hydroxylation sites is 1. The molecular weight excluding hydrogens is 384 g/mol. The van der Waals surface area contributed by atoms with Crippen LogP contribution in [0.1, 0.15) is 53.0 Å². The van der Waals surface area contributed by atoms with Gasteiger partial charge in [0.05, 0.1) is 19.8 Å². The molecule has 0 aromatic heterocycles. The third-order valence-electron chi connectivity index (χ3n) is 4.87. The van der Waals surface area contributed by atoms with Crippen molar-refractivity contribution in [2.24, 2.45) is 4.99 Å². The van der Waals surface area contributed by atoms with Crippen LogP contribution in [-0.4, -0.2) is 51.0 Å². The normalized spacial score (nSPS) is 12.2. The van der Waals surface area contributed by atoms with Crippen LogP contribution in [0.25, 0.3) is 0 Å². The Bertz CT molecular complexity index is 710. The van der Waals surface area contributed by atoms with Gasteiger partial charge in [-0.25, -0.2) is 4.79 Å². The maximum Gasteiger partial charge on any atom is 0.408 e. The Kier molecular flexibility index (Phi) is 9.75. The van der Waals surface area contributed by atoms with Gasteiger partial charge in [0.15, 0.2) is 17.5 Å². The highest BCUT2D eigenvalue weighted by Gasteiger charge is 2.30. The largest absolute Gasteiger partial charge is 0.493 e. The number of methoxy groups -OCH3 is 2. The number of nitrogens with one attached hydrogen (secondary N) is 3. The lowest BCUT2D eigenvalue weighted by Crippen LogP contribution is -2.57. The van der Waals surface area contributed by atoms with Crippen LogP contribution in [0.15, 0.2) is 23.2 Å². The molecule has 0 fully saturated rings. The summed E-state index contributed by atoms with van der Waals surface area (Å²) in [6.07, 6.45) is 1.07. The van der Waals surface area contributed by atoms with E-state index in [1.54, 1.807) is 21.3 Å². The van der Waals surface area contributed by atoms with E-state index in [9.17, 15) is 4.79 Å². The topological polar surface area (TPSA) is 93.2 Å². The minimum atomic E-state index is -0.544. The van der Waals surface area contributed by atoms with E-state index >= 15 is 0 Å². The third kappa shape index (κ3) is 7.65. The molecule has 0 bridgehead atoms. The van der Waals surface area contributed by atoms with E-state index < -0.39 is 17.2 Å². The molecule has 0 aliphatic rings. The van der Waals surface area contributed by atoms with E-state index in [0.717, 1.165) is 18.4 Å². The first-order valence-electron chi connectivity index (χ1n) is 10.3. The number of carbonyl (C=O) groups is 1. The quantitative estimate of drug-likeness (QED) is 0.417. The number of guanidine groups is 1. The minimum Gasteiger partial charge on any atom is -0.493 e. The number of ether oxygens (including phenoxy) is 3. The zero-order valence-corrected chi connectivity index (χ0v) is 19.6. The molecule has 30 heavy (non-hydrogen) atoms. The molecule has 1 aromatic rings. The number of hydrogen-bond acceptors (Lipinski definition) is 5. The van der Waals surface area contributed by atoms with Gasteiger partial charge < -0.3 is 30.2 Å². The van der Waals surface area contributed by atoms with Gasteiger partial charge in [-0.15, -0.1) is 0 Å². The lowest BCUT2D eigenvalue weighted by molar-refractivity contribution is 0.0448. The standard InChI is InChI=1S/C22H38N4O4/c1-9-22(10-2,26-20(27)30-21(3,4)5)15-25-19(23-6)24-14-16-12-11-13-17(28-7)18(16)29-8/h11-13H,9-10,14-15H2,1-8H3,(H,26,27)(H2,23,24,25). The van der Waals surface area contributed by atoms with Crippen LogP contribution in [0.2, 0.25) is 0 Å². The Morgan fingerprint density at radius 3 is 2.23 bits per heavy atom. The Morgan fingerprint density at radius 2 is 1.73 bits per heavy atom. The van der Waals surface area contributed by atoms with Gasteiger partial charge in [0, 0.05) is 25.7 Å². The first-order chi connectivity index (χ1) is 14.1. The van der Waals surface area contributed by atoms with Crippen molar-refractivity contribution in [3.05, 3.63) is 23.8 Å². The second-order valence-corrected chi connectivity index (χ2v) is 8.05. The van der Waals surface area contributed by atoms with Crippen LogP contribution in [0, 0.1) is 0 Å². The number of benzene rings is 1. The van der Waals surface area contributed by atoms with Crippen molar-refractivity contribution in [1.29, 1.82) is 0 Å². The van der Waals surface area contributed by atoms with Crippen molar-refractivity contribution >= 4 is 12.1 Å². The first-order valence-corrected chi connectivity index (χ1v) is 10.3. The Morgan fingerprint density at radius 1 is 1.07 bits per heavy atom. The SMILES string of the molecule is CCC(CC)(CNC(=NC)NCc1cccc(OC)c1OC)NC(=O)OC(C)(C)C. The number of alkyl carbamates (subject to hydrolysis) is 1. The predicted octanol–water partition coefficient (Wildman–Crippen LogP) is 3.45. The molecule has 0 unspecified atom stereocenters. The van der Waals surface area contributed by atoms with Gasteiger partial charge in [0.2, 0.25) is 0 Å². The molecule has 8 nitrogen and oxygen atoms in total. The molecule has 1 amide bonds. The van der Waals surface area contributed by atoms with Gasteiger partial charge >= 0.3 is 6.09 Å². The molecule has 0 saturated heterocycles. The van der Waals surface area contributed by atoms with E-state index in [0.29, 0.717) is 30.5 Å². The second kappa shape index (κ2) is 11.5. The molecule has 0 heterocycles. The van der Waals surface area contributed by atoms with Crippen LogP contribution in [-0.2, 0) is 11.3 Å². The molecule has 8 heteroatoms. The van der Waals surface area contributed by atoms with Crippen molar-refractivity contribution in [2.45, 2.75) is 65.1 Å². The number of rotatable bonds is 9. The van der Waals surface area contributed by atoms with Crippen LogP contribution < -0.4 is 25.4 Å². The Hall–Kier alpha value is -2.64. The maximum absolute atomic E-state index is 12.3. The molecule has 0 aliphatic carbocycles. The molecule has 1 aromatic carbocycles. The molecule has 0 atom stereocenters. The zero-order valence-electron chi connectivity index (χ0n) is 19.6. The molecule has 0 aliphatic heterocycles. The van der Waals surface area contributed by atoms with Crippen LogP contribution in [0.4, 0.5) is 4.79 Å². The van der Waals surface area contributed by atoms with Crippen LogP contribution in [0.5, 0.6) is 11.5 Å². The smallest absolute Gasteiger partial charge is 0.408 e. The average Bonchev–Trinajstić information content (AvgIpc) is 2.71. The highest BCUT2D eigenvalue weighted by Crippen LogP contribution is 2.30. The fraction of sp³-hybridized carbons (Fsp3) is 0.636. The number of hydrogen-bond donors (Lipinski definition) is 3. The highest BCUT2D eigenvalue weighted by atomic mass is 16.6. The van der Waals surface area contributed by atoms with E-state index in [-0.39, 0.29) is 0 Å². The van der Waals surface area contributed by atoms with Crippen molar-refractivity contribution in [3.63, 3.8) is 0 Å². The predicted molar refractivity (Wildman–Crippen MR) is 120 cm³/mol. The monoisotopic (exact) mass is 422 g/mol. The van der Waals surface area contributed by atoms with Gasteiger partial charge in [-0.2, -0.15) is 0 Å². The summed E-state index contributed by atoms with van der Waals surface area (Å²) in [7, 11) is 4.94. The summed E-state index contributed by atoms with van der Waals surface area (Å²) in [6, 6.07) is 5.74. The maximum atomic E-state index is 12.3. The molecule has 0 spiro atoms. The first kappa shape index (κ1) is 25.4. The Labute approximate surface area is 180 Å². The van der Waals surface area contributed by atoms with E-state index in [2.05, 4.69) is 20.9 Å². The summed E-state index contributed by atoms with van der Waals surface area (Å²) in [5.74, 6) is 1.99. The van der Waals surface area contributed by atoms with Gasteiger partial charge in [-0.05, 0) is 39.7 Å². The van der Waals surface area contributed by atoms with Crippen LogP contribution in [0.3, 0.4) is 0 Å². The number of carbonyl (C=O) groups excluding carboxylic acids is 1. The van der Waals surface area contributed by atoms with Crippen LogP contribution >= 0.6 is 0 Å². The summed E-state index contributed by atoms with van der Waals surface area (Å²) in [5.41, 5.74) is -0.0462. The molecule has 0 radical (unpaired) electrons. The second-order valence-electron chi connectivity index (χ2n) is 8.05. The summed E-state index contributed by atoms with van der Waals surface area (Å²) in [6.45, 7) is 10.6. The Balaban J connectivity index is 2.78. The fourth-order valence-electron chi connectivity index (χ4n) is 2.99. The molecule has 0 saturated carbocycles. The van der Waals surface area contributed by atoms with Crippen molar-refractivity contribution in [1.82, 2.24) is 16.0 Å². The van der Waals surface area contributed by atoms with Gasteiger partial charge in [-0.1, -0.05) is 26.0 Å². The highest BCUT2D eigenvalue weighted by molar-refractivity contribution is 5.80. The zero-order chi connectivity index (χ0) is 22.8. The summed E-state index contributed by atoms with van der Waals surface area (Å²) >= 11 is 0. The number of aliphatic imine (C=N–C) groups is 1.